The Balaban J connectivity index is 1.91. The molecule has 0 amide bonds. The van der Waals surface area contributed by atoms with Crippen molar-refractivity contribution in [1.29, 1.82) is 0 Å². The number of rotatable bonds is 1. The van der Waals surface area contributed by atoms with E-state index in [-0.39, 0.29) is 5.54 Å². The van der Waals surface area contributed by atoms with Crippen LogP contribution in [0.5, 0.6) is 0 Å². The van der Waals surface area contributed by atoms with E-state index in [9.17, 15) is 0 Å². The van der Waals surface area contributed by atoms with E-state index >= 15 is 0 Å². The van der Waals surface area contributed by atoms with E-state index < -0.39 is 0 Å². The largest absolute Gasteiger partial charge is 0.341 e. The first-order valence-corrected chi connectivity index (χ1v) is 8.24. The van der Waals surface area contributed by atoms with E-state index in [0.717, 1.165) is 0 Å². The molecule has 1 aromatic heterocycles. The lowest BCUT2D eigenvalue weighted by Crippen LogP contribution is -2.44. The van der Waals surface area contributed by atoms with Gasteiger partial charge >= 0.3 is 0 Å². The second kappa shape index (κ2) is 4.66. The van der Waals surface area contributed by atoms with Crippen LogP contribution in [0.25, 0.3) is 0 Å². The highest BCUT2D eigenvalue weighted by molar-refractivity contribution is 5.58. The molecule has 1 fully saturated rings. The van der Waals surface area contributed by atoms with Gasteiger partial charge in [-0.1, -0.05) is 43.5 Å². The molecule has 1 aromatic carbocycles. The van der Waals surface area contributed by atoms with E-state index in [1.54, 1.807) is 5.56 Å². The molecule has 1 spiro atoms. The van der Waals surface area contributed by atoms with Crippen molar-refractivity contribution in [2.45, 2.75) is 50.6 Å². The van der Waals surface area contributed by atoms with Crippen LogP contribution < -0.4 is 4.90 Å². The molecule has 2 nitrogen and oxygen atoms in total. The van der Waals surface area contributed by atoms with E-state index in [1.807, 2.05) is 0 Å². The maximum absolute atomic E-state index is 2.71. The summed E-state index contributed by atoms with van der Waals surface area (Å²) in [6.07, 6.45) is 8.84. The smallest absolute Gasteiger partial charge is 0.109 e. The molecule has 2 aromatic rings. The number of nitrogens with zero attached hydrogens (tertiary/aromatic N) is 2. The van der Waals surface area contributed by atoms with E-state index in [1.165, 1.54) is 43.5 Å². The number of aryl methyl sites for hydroxylation is 1. The highest BCUT2D eigenvalue weighted by Gasteiger charge is 2.49. The van der Waals surface area contributed by atoms with Crippen LogP contribution in [0.3, 0.4) is 0 Å². The molecular formula is C19H24N2. The molecule has 0 saturated heterocycles. The van der Waals surface area contributed by atoms with Crippen LogP contribution in [0.2, 0.25) is 0 Å². The van der Waals surface area contributed by atoms with Crippen molar-refractivity contribution in [3.8, 4) is 0 Å². The van der Waals surface area contributed by atoms with Gasteiger partial charge in [0.15, 0.2) is 0 Å². The second-order valence-corrected chi connectivity index (χ2v) is 6.70. The zero-order chi connectivity index (χ0) is 14.4. The van der Waals surface area contributed by atoms with Gasteiger partial charge in [0.25, 0.3) is 0 Å². The Hall–Kier alpha value is -1.70. The molecule has 0 radical (unpaired) electrons. The third-order valence-corrected chi connectivity index (χ3v) is 5.60. The third-order valence-electron chi connectivity index (χ3n) is 5.60. The van der Waals surface area contributed by atoms with Gasteiger partial charge in [-0.05, 0) is 43.0 Å². The fraction of sp³-hybridized carbons (Fsp3) is 0.474. The quantitative estimate of drug-likeness (QED) is 0.730. The molecule has 0 bridgehead atoms. The highest BCUT2D eigenvalue weighted by Crippen LogP contribution is 2.54. The van der Waals surface area contributed by atoms with Crippen molar-refractivity contribution in [3.63, 3.8) is 0 Å². The van der Waals surface area contributed by atoms with Crippen molar-refractivity contribution in [1.82, 2.24) is 4.57 Å². The Bertz CT molecular complexity index is 649. The van der Waals surface area contributed by atoms with Crippen LogP contribution in [0.15, 0.2) is 42.6 Å². The molecule has 110 valence electrons. The average Bonchev–Trinajstić information content (AvgIpc) is 3.02. The standard InChI is InChI=1S/C19H24N2/c1-15-16-9-4-5-10-17(16)19(12-6-3-7-13-19)21(15)18-11-8-14-20(18)2/h4-5,8-11,14-15H,3,6-7,12-13H2,1-2H3/t15-/m0/s1. The highest BCUT2D eigenvalue weighted by atomic mass is 15.3. The Kier molecular flexibility index (Phi) is 2.88. The fourth-order valence-electron chi connectivity index (χ4n) is 4.69. The van der Waals surface area contributed by atoms with Gasteiger partial charge in [0.2, 0.25) is 0 Å². The van der Waals surface area contributed by atoms with E-state index in [2.05, 4.69) is 66.0 Å². The molecule has 4 rings (SSSR count). The number of hydrogen-bond acceptors (Lipinski definition) is 1. The number of fused-ring (bicyclic) bond motifs is 2. The summed E-state index contributed by atoms with van der Waals surface area (Å²) in [5.41, 5.74) is 3.33. The summed E-state index contributed by atoms with van der Waals surface area (Å²) in [7, 11) is 2.17. The van der Waals surface area contributed by atoms with Crippen molar-refractivity contribution in [2.24, 2.45) is 7.05 Å². The molecule has 2 aliphatic rings. The zero-order valence-electron chi connectivity index (χ0n) is 13.0. The molecule has 21 heavy (non-hydrogen) atoms. The van der Waals surface area contributed by atoms with Crippen LogP contribution in [-0.2, 0) is 12.6 Å². The van der Waals surface area contributed by atoms with Crippen molar-refractivity contribution < 1.29 is 0 Å². The normalized spacial score (nSPS) is 23.5. The molecule has 1 atom stereocenters. The first-order chi connectivity index (χ1) is 10.2. The average molecular weight is 280 g/mol. The summed E-state index contributed by atoms with van der Waals surface area (Å²) in [5, 5.41) is 0. The van der Waals surface area contributed by atoms with Crippen LogP contribution in [-0.4, -0.2) is 4.57 Å². The van der Waals surface area contributed by atoms with Gasteiger partial charge in [-0.25, -0.2) is 0 Å². The number of anilines is 1. The van der Waals surface area contributed by atoms with Gasteiger partial charge < -0.3 is 9.47 Å². The lowest BCUT2D eigenvalue weighted by Gasteiger charge is -2.45. The first kappa shape index (κ1) is 13.0. The summed E-state index contributed by atoms with van der Waals surface area (Å²) >= 11 is 0. The molecule has 2 heteroatoms. The Labute approximate surface area is 127 Å². The summed E-state index contributed by atoms with van der Waals surface area (Å²) < 4.78 is 2.28. The third kappa shape index (κ3) is 1.71. The molecule has 0 unspecified atom stereocenters. The summed E-state index contributed by atoms with van der Waals surface area (Å²) in [5.74, 6) is 1.36. The monoisotopic (exact) mass is 280 g/mol. The van der Waals surface area contributed by atoms with Crippen LogP contribution in [0.4, 0.5) is 5.82 Å². The van der Waals surface area contributed by atoms with Crippen LogP contribution in [0.1, 0.15) is 56.2 Å². The maximum atomic E-state index is 2.71. The van der Waals surface area contributed by atoms with E-state index in [0.29, 0.717) is 6.04 Å². The lowest BCUT2D eigenvalue weighted by molar-refractivity contribution is 0.281. The number of aromatic nitrogens is 1. The Morgan fingerprint density at radius 1 is 1.00 bits per heavy atom. The molecular weight excluding hydrogens is 256 g/mol. The lowest BCUT2D eigenvalue weighted by atomic mass is 9.76. The van der Waals surface area contributed by atoms with Crippen LogP contribution >= 0.6 is 0 Å². The summed E-state index contributed by atoms with van der Waals surface area (Å²) in [4.78, 5) is 2.71. The number of hydrogen-bond donors (Lipinski definition) is 0. The predicted octanol–water partition coefficient (Wildman–Crippen LogP) is 4.77. The first-order valence-electron chi connectivity index (χ1n) is 8.24. The van der Waals surface area contributed by atoms with Gasteiger partial charge in [-0.3, -0.25) is 0 Å². The molecule has 2 heterocycles. The minimum atomic E-state index is 0.223. The second-order valence-electron chi connectivity index (χ2n) is 6.70. The minimum Gasteiger partial charge on any atom is -0.341 e. The summed E-state index contributed by atoms with van der Waals surface area (Å²) in [6.45, 7) is 2.37. The molecule has 0 N–H and O–H groups in total. The van der Waals surface area contributed by atoms with Crippen molar-refractivity contribution in [2.75, 3.05) is 4.90 Å². The van der Waals surface area contributed by atoms with Gasteiger partial charge in [0.1, 0.15) is 5.82 Å². The Morgan fingerprint density at radius 3 is 2.48 bits per heavy atom. The number of benzene rings is 1. The van der Waals surface area contributed by atoms with Gasteiger partial charge in [-0.2, -0.15) is 0 Å². The zero-order valence-corrected chi connectivity index (χ0v) is 13.0. The van der Waals surface area contributed by atoms with Gasteiger partial charge in [0.05, 0.1) is 11.6 Å². The molecule has 1 aliphatic heterocycles. The maximum Gasteiger partial charge on any atom is 0.109 e. The van der Waals surface area contributed by atoms with E-state index in [4.69, 9.17) is 0 Å². The molecule has 1 aliphatic carbocycles. The van der Waals surface area contributed by atoms with Crippen molar-refractivity contribution in [3.05, 3.63) is 53.7 Å². The Morgan fingerprint density at radius 2 is 1.76 bits per heavy atom. The van der Waals surface area contributed by atoms with Crippen molar-refractivity contribution >= 4 is 5.82 Å². The van der Waals surface area contributed by atoms with Crippen LogP contribution in [0, 0.1) is 0 Å². The summed E-state index contributed by atoms with van der Waals surface area (Å²) in [6, 6.07) is 14.0. The topological polar surface area (TPSA) is 8.17 Å². The minimum absolute atomic E-state index is 0.223. The SMILES string of the molecule is C[C@H]1c2ccccc2C2(CCCCC2)N1c1cccn1C. The van der Waals surface area contributed by atoms with Gasteiger partial charge in [0, 0.05) is 13.2 Å². The van der Waals surface area contributed by atoms with Gasteiger partial charge in [-0.15, -0.1) is 0 Å². The predicted molar refractivity (Wildman–Crippen MR) is 87.5 cm³/mol. The fourth-order valence-corrected chi connectivity index (χ4v) is 4.69. The molecule has 1 saturated carbocycles.